The molecule has 2 heterocycles. The summed E-state index contributed by atoms with van der Waals surface area (Å²) in [6.45, 7) is 0.315. The summed E-state index contributed by atoms with van der Waals surface area (Å²) < 4.78 is 5.78. The second-order valence-corrected chi connectivity index (χ2v) is 6.51. The van der Waals surface area contributed by atoms with Crippen LogP contribution in [0.2, 0.25) is 5.02 Å². The summed E-state index contributed by atoms with van der Waals surface area (Å²) in [7, 11) is 1.67. The molecule has 1 saturated heterocycles. The smallest absolute Gasteiger partial charge is 0.322 e. The van der Waals surface area contributed by atoms with Crippen LogP contribution in [-0.2, 0) is 16.1 Å². The van der Waals surface area contributed by atoms with Crippen molar-refractivity contribution in [1.82, 2.24) is 15.5 Å². The SMILES string of the molecule is CN(Cc1ccc(-c2ccc(Cl)cc2)o1)C(=O)CC[C@@H]1NC(=O)NC1=O. The summed E-state index contributed by atoms with van der Waals surface area (Å²) in [5, 5.41) is 5.27. The van der Waals surface area contributed by atoms with Gasteiger partial charge in [0.1, 0.15) is 17.6 Å². The number of rotatable bonds is 6. The maximum absolute atomic E-state index is 12.2. The van der Waals surface area contributed by atoms with E-state index in [4.69, 9.17) is 16.0 Å². The highest BCUT2D eigenvalue weighted by Gasteiger charge is 2.29. The zero-order valence-electron chi connectivity index (χ0n) is 14.1. The molecule has 1 aromatic heterocycles. The Morgan fingerprint density at radius 1 is 1.19 bits per heavy atom. The van der Waals surface area contributed by atoms with Crippen LogP contribution in [0.15, 0.2) is 40.8 Å². The van der Waals surface area contributed by atoms with E-state index >= 15 is 0 Å². The highest BCUT2D eigenvalue weighted by atomic mass is 35.5. The third kappa shape index (κ3) is 4.23. The lowest BCUT2D eigenvalue weighted by atomic mass is 10.1. The molecule has 8 heteroatoms. The molecule has 4 amide bonds. The van der Waals surface area contributed by atoms with E-state index in [1.54, 1.807) is 19.2 Å². The first-order chi connectivity index (χ1) is 12.4. The van der Waals surface area contributed by atoms with E-state index in [1.165, 1.54) is 4.90 Å². The van der Waals surface area contributed by atoms with Gasteiger partial charge in [-0.25, -0.2) is 4.79 Å². The second kappa shape index (κ2) is 7.61. The number of hydrogen-bond acceptors (Lipinski definition) is 4. The molecule has 3 rings (SSSR count). The predicted molar refractivity (Wildman–Crippen MR) is 95.3 cm³/mol. The minimum absolute atomic E-state index is 0.136. The molecule has 1 aliphatic rings. The van der Waals surface area contributed by atoms with Crippen LogP contribution in [0.4, 0.5) is 4.79 Å². The lowest BCUT2D eigenvalue weighted by molar-refractivity contribution is -0.131. The molecular weight excluding hydrogens is 358 g/mol. The Balaban J connectivity index is 1.53. The number of halogens is 1. The minimum atomic E-state index is -0.653. The van der Waals surface area contributed by atoms with Crippen molar-refractivity contribution in [1.29, 1.82) is 0 Å². The van der Waals surface area contributed by atoms with Crippen LogP contribution in [0.1, 0.15) is 18.6 Å². The fourth-order valence-electron chi connectivity index (χ4n) is 2.67. The highest BCUT2D eigenvalue weighted by molar-refractivity contribution is 6.30. The molecule has 1 fully saturated rings. The number of amides is 4. The van der Waals surface area contributed by atoms with Crippen molar-refractivity contribution in [3.05, 3.63) is 47.2 Å². The maximum atomic E-state index is 12.2. The lowest BCUT2D eigenvalue weighted by Gasteiger charge is -2.16. The van der Waals surface area contributed by atoms with Gasteiger partial charge in [-0.2, -0.15) is 0 Å². The second-order valence-electron chi connectivity index (χ2n) is 6.08. The van der Waals surface area contributed by atoms with Crippen LogP contribution >= 0.6 is 11.6 Å². The highest BCUT2D eigenvalue weighted by Crippen LogP contribution is 2.24. The van der Waals surface area contributed by atoms with Crippen molar-refractivity contribution in [3.63, 3.8) is 0 Å². The Morgan fingerprint density at radius 3 is 2.58 bits per heavy atom. The molecule has 0 aliphatic carbocycles. The number of carbonyl (C=O) groups is 3. The zero-order chi connectivity index (χ0) is 18.7. The van der Waals surface area contributed by atoms with Gasteiger partial charge in [0, 0.05) is 24.1 Å². The van der Waals surface area contributed by atoms with Crippen molar-refractivity contribution in [3.8, 4) is 11.3 Å². The summed E-state index contributed by atoms with van der Waals surface area (Å²) in [6, 6.07) is 9.78. The molecule has 26 heavy (non-hydrogen) atoms. The number of urea groups is 1. The van der Waals surface area contributed by atoms with E-state index < -0.39 is 18.0 Å². The minimum Gasteiger partial charge on any atom is -0.459 e. The Labute approximate surface area is 155 Å². The summed E-state index contributed by atoms with van der Waals surface area (Å²) in [5.74, 6) is 0.813. The third-order valence-corrected chi connectivity index (χ3v) is 4.37. The first-order valence-electron chi connectivity index (χ1n) is 8.12. The standard InChI is InChI=1S/C18H18ClN3O4/c1-22(16(23)9-7-14-17(24)21-18(25)20-14)10-13-6-8-15(26-13)11-2-4-12(19)5-3-11/h2-6,8,14H,7,9-10H2,1H3,(H2,20,21,24,25)/t14-/m0/s1. The van der Waals surface area contributed by atoms with Crippen molar-refractivity contribution >= 4 is 29.4 Å². The van der Waals surface area contributed by atoms with Crippen LogP contribution in [0.25, 0.3) is 11.3 Å². The van der Waals surface area contributed by atoms with Gasteiger partial charge in [-0.05, 0) is 42.8 Å². The van der Waals surface area contributed by atoms with Gasteiger partial charge in [0.15, 0.2) is 0 Å². The van der Waals surface area contributed by atoms with Gasteiger partial charge in [-0.15, -0.1) is 0 Å². The topological polar surface area (TPSA) is 91.7 Å². The zero-order valence-corrected chi connectivity index (χ0v) is 14.9. The van der Waals surface area contributed by atoms with Crippen molar-refractivity contribution in [2.45, 2.75) is 25.4 Å². The van der Waals surface area contributed by atoms with Crippen LogP contribution in [0.3, 0.4) is 0 Å². The van der Waals surface area contributed by atoms with E-state index in [2.05, 4.69) is 10.6 Å². The van der Waals surface area contributed by atoms with E-state index in [9.17, 15) is 14.4 Å². The first-order valence-corrected chi connectivity index (χ1v) is 8.50. The number of benzene rings is 1. The summed E-state index contributed by atoms with van der Waals surface area (Å²) in [4.78, 5) is 36.3. The van der Waals surface area contributed by atoms with Crippen molar-refractivity contribution in [2.24, 2.45) is 0 Å². The fraction of sp³-hybridized carbons (Fsp3) is 0.278. The van der Waals surface area contributed by atoms with Gasteiger partial charge in [0.25, 0.3) is 5.91 Å². The molecule has 2 aromatic rings. The molecule has 136 valence electrons. The van der Waals surface area contributed by atoms with Crippen molar-refractivity contribution < 1.29 is 18.8 Å². The molecular formula is C18H18ClN3O4. The van der Waals surface area contributed by atoms with Crippen LogP contribution in [0, 0.1) is 0 Å². The average Bonchev–Trinajstić information content (AvgIpc) is 3.19. The van der Waals surface area contributed by atoms with Crippen LogP contribution in [-0.4, -0.2) is 35.8 Å². The van der Waals surface area contributed by atoms with E-state index in [-0.39, 0.29) is 18.7 Å². The maximum Gasteiger partial charge on any atom is 0.322 e. The monoisotopic (exact) mass is 375 g/mol. The molecule has 0 radical (unpaired) electrons. The Hall–Kier alpha value is -2.80. The molecule has 0 saturated carbocycles. The molecule has 2 N–H and O–H groups in total. The quantitative estimate of drug-likeness (QED) is 0.759. The normalized spacial score (nSPS) is 16.3. The van der Waals surface area contributed by atoms with Gasteiger partial charge >= 0.3 is 6.03 Å². The molecule has 1 aromatic carbocycles. The van der Waals surface area contributed by atoms with Crippen LogP contribution < -0.4 is 10.6 Å². The summed E-state index contributed by atoms with van der Waals surface area (Å²) >= 11 is 5.88. The largest absolute Gasteiger partial charge is 0.459 e. The van der Waals surface area contributed by atoms with E-state index in [0.717, 1.165) is 5.56 Å². The molecule has 0 unspecified atom stereocenters. The number of nitrogens with one attached hydrogen (secondary N) is 2. The number of imide groups is 1. The number of carbonyl (C=O) groups excluding carboxylic acids is 3. The molecule has 1 aliphatic heterocycles. The summed E-state index contributed by atoms with van der Waals surface area (Å²) in [6.07, 6.45) is 0.411. The third-order valence-electron chi connectivity index (χ3n) is 4.11. The van der Waals surface area contributed by atoms with Crippen LogP contribution in [0.5, 0.6) is 0 Å². The van der Waals surface area contributed by atoms with E-state index in [0.29, 0.717) is 23.1 Å². The average molecular weight is 376 g/mol. The number of furan rings is 1. The Bertz CT molecular complexity index is 831. The molecule has 0 bridgehead atoms. The van der Waals surface area contributed by atoms with Crippen molar-refractivity contribution in [2.75, 3.05) is 7.05 Å². The van der Waals surface area contributed by atoms with Gasteiger partial charge in [-0.1, -0.05) is 11.6 Å². The van der Waals surface area contributed by atoms with Gasteiger partial charge < -0.3 is 14.6 Å². The Morgan fingerprint density at radius 2 is 1.92 bits per heavy atom. The van der Waals surface area contributed by atoms with Gasteiger partial charge in [-0.3, -0.25) is 14.9 Å². The predicted octanol–water partition coefficient (Wildman–Crippen LogP) is 2.55. The lowest BCUT2D eigenvalue weighted by Crippen LogP contribution is -2.32. The van der Waals surface area contributed by atoms with Gasteiger partial charge in [0.2, 0.25) is 5.91 Å². The molecule has 0 spiro atoms. The Kier molecular flexibility index (Phi) is 5.27. The molecule has 7 nitrogen and oxygen atoms in total. The molecule has 1 atom stereocenters. The first kappa shape index (κ1) is 18.0. The van der Waals surface area contributed by atoms with Gasteiger partial charge in [0.05, 0.1) is 6.54 Å². The fourth-order valence-corrected chi connectivity index (χ4v) is 2.80. The van der Waals surface area contributed by atoms with E-state index in [1.807, 2.05) is 24.3 Å². The summed E-state index contributed by atoms with van der Waals surface area (Å²) in [5.41, 5.74) is 0.901. The number of hydrogen-bond donors (Lipinski definition) is 2. The number of nitrogens with zero attached hydrogens (tertiary/aromatic N) is 1.